The lowest BCUT2D eigenvalue weighted by molar-refractivity contribution is 0.484. The highest BCUT2D eigenvalue weighted by Crippen LogP contribution is 2.40. The number of aromatic nitrogens is 8. The van der Waals surface area contributed by atoms with Gasteiger partial charge in [0, 0.05) is 69.0 Å². The molecule has 0 saturated carbocycles. The van der Waals surface area contributed by atoms with Crippen molar-refractivity contribution in [1.82, 2.24) is 38.6 Å². The van der Waals surface area contributed by atoms with Gasteiger partial charge in [-0.1, -0.05) is 48.5 Å². The molecule has 10 heteroatoms. The minimum atomic E-state index is 0.516. The van der Waals surface area contributed by atoms with Crippen molar-refractivity contribution in [2.75, 3.05) is 0 Å². The molecule has 61 heavy (non-hydrogen) atoms. The van der Waals surface area contributed by atoms with Crippen LogP contribution >= 0.6 is 0 Å². The van der Waals surface area contributed by atoms with E-state index in [-0.39, 0.29) is 0 Å². The van der Waals surface area contributed by atoms with Crippen LogP contribution in [-0.2, 0) is 0 Å². The van der Waals surface area contributed by atoms with Crippen molar-refractivity contribution in [3.05, 3.63) is 182 Å². The summed E-state index contributed by atoms with van der Waals surface area (Å²) < 4.78 is 19.8. The highest BCUT2D eigenvalue weighted by atomic mass is 16.5. The number of fused-ring (bicyclic) bond motifs is 9. The summed E-state index contributed by atoms with van der Waals surface area (Å²) in [4.78, 5) is 23.5. The lowest BCUT2D eigenvalue weighted by Gasteiger charge is -2.11. The molecule has 10 nitrogen and oxygen atoms in total. The molecular weight excluding hydrogens is 757 g/mol. The SMILES string of the molecule is Cc1nc(C)nc(-n2c3cc(Oc4ccc5c6ccccc6n(-c6ccccn6)c5c4)ccc3c3ccc(Oc4ccc5c6ccccc6n(-c6ccccn6)c5c4)cc32)n1. The number of rotatable bonds is 7. The molecule has 6 aromatic carbocycles. The fourth-order valence-corrected chi connectivity index (χ4v) is 8.78. The third kappa shape index (κ3) is 5.68. The summed E-state index contributed by atoms with van der Waals surface area (Å²) in [5, 5.41) is 6.60. The molecule has 0 unspecified atom stereocenters. The number of nitrogens with zero attached hydrogens (tertiary/aromatic N) is 8. The van der Waals surface area contributed by atoms with Crippen molar-refractivity contribution < 1.29 is 9.47 Å². The smallest absolute Gasteiger partial charge is 0.238 e. The number of pyridine rings is 2. The van der Waals surface area contributed by atoms with E-state index < -0.39 is 0 Å². The van der Waals surface area contributed by atoms with Gasteiger partial charge in [-0.05, 0) is 98.8 Å². The van der Waals surface area contributed by atoms with Crippen LogP contribution in [0.15, 0.2) is 170 Å². The number of ether oxygens (including phenoxy) is 2. The van der Waals surface area contributed by atoms with Gasteiger partial charge >= 0.3 is 0 Å². The van der Waals surface area contributed by atoms with Crippen LogP contribution < -0.4 is 9.47 Å². The van der Waals surface area contributed by atoms with Crippen LogP contribution in [0.1, 0.15) is 11.6 Å². The normalized spacial score (nSPS) is 11.8. The van der Waals surface area contributed by atoms with Crippen molar-refractivity contribution in [2.45, 2.75) is 13.8 Å². The van der Waals surface area contributed by atoms with E-state index in [0.717, 1.165) is 77.1 Å². The molecule has 0 bridgehead atoms. The first-order chi connectivity index (χ1) is 30.0. The molecule has 0 saturated heterocycles. The molecular formula is C51H34N8O2. The quantitative estimate of drug-likeness (QED) is 0.158. The van der Waals surface area contributed by atoms with E-state index in [9.17, 15) is 0 Å². The van der Waals surface area contributed by atoms with Crippen LogP contribution in [0.4, 0.5) is 0 Å². The highest BCUT2D eigenvalue weighted by molar-refractivity contribution is 6.11. The maximum Gasteiger partial charge on any atom is 0.238 e. The lowest BCUT2D eigenvalue weighted by Crippen LogP contribution is -2.06. The zero-order valence-corrected chi connectivity index (χ0v) is 33.1. The topological polar surface area (TPSA) is 97.7 Å². The van der Waals surface area contributed by atoms with E-state index in [1.54, 1.807) is 0 Å². The molecule has 0 fully saturated rings. The van der Waals surface area contributed by atoms with E-state index in [1.807, 2.05) is 99.0 Å². The van der Waals surface area contributed by atoms with Gasteiger partial charge in [-0.2, -0.15) is 9.97 Å². The van der Waals surface area contributed by atoms with Gasteiger partial charge < -0.3 is 9.47 Å². The van der Waals surface area contributed by atoms with Gasteiger partial charge in [0.15, 0.2) is 0 Å². The summed E-state index contributed by atoms with van der Waals surface area (Å²) in [6, 6.07) is 53.5. The second-order valence-corrected chi connectivity index (χ2v) is 15.1. The molecule has 12 rings (SSSR count). The van der Waals surface area contributed by atoms with Gasteiger partial charge in [-0.25, -0.2) is 15.0 Å². The summed E-state index contributed by atoms with van der Waals surface area (Å²) in [5.74, 6) is 6.22. The number of para-hydroxylation sites is 2. The summed E-state index contributed by atoms with van der Waals surface area (Å²) in [5.41, 5.74) is 5.96. The van der Waals surface area contributed by atoms with Crippen LogP contribution in [0, 0.1) is 13.8 Å². The lowest BCUT2D eigenvalue weighted by atomic mass is 10.1. The molecule has 12 aromatic rings. The third-order valence-corrected chi connectivity index (χ3v) is 11.3. The Balaban J connectivity index is 0.972. The highest BCUT2D eigenvalue weighted by Gasteiger charge is 2.20. The third-order valence-electron chi connectivity index (χ3n) is 11.3. The average molecular weight is 791 g/mol. The Morgan fingerprint density at radius 3 is 1.10 bits per heavy atom. The van der Waals surface area contributed by atoms with Gasteiger partial charge in [0.05, 0.1) is 33.1 Å². The summed E-state index contributed by atoms with van der Waals surface area (Å²) >= 11 is 0. The Hall–Kier alpha value is -8.37. The van der Waals surface area contributed by atoms with Crippen molar-refractivity contribution in [2.24, 2.45) is 0 Å². The molecule has 0 aliphatic carbocycles. The summed E-state index contributed by atoms with van der Waals surface area (Å²) in [6.07, 6.45) is 3.64. The molecule has 0 spiro atoms. The Labute approximate surface area is 348 Å². The largest absolute Gasteiger partial charge is 0.457 e. The number of aryl methyl sites for hydroxylation is 2. The fourth-order valence-electron chi connectivity index (χ4n) is 8.78. The first-order valence-corrected chi connectivity index (χ1v) is 20.1. The second kappa shape index (κ2) is 13.6. The number of hydrogen-bond acceptors (Lipinski definition) is 7. The molecule has 6 heterocycles. The molecule has 290 valence electrons. The molecule has 0 radical (unpaired) electrons. The van der Waals surface area contributed by atoms with Crippen molar-refractivity contribution in [3.8, 4) is 40.6 Å². The fraction of sp³-hybridized carbons (Fsp3) is 0.0392. The molecule has 0 N–H and O–H groups in total. The molecule has 6 aromatic heterocycles. The Morgan fingerprint density at radius 1 is 0.344 bits per heavy atom. The minimum Gasteiger partial charge on any atom is -0.457 e. The number of hydrogen-bond donors (Lipinski definition) is 0. The predicted octanol–water partition coefficient (Wildman–Crippen LogP) is 12.2. The van der Waals surface area contributed by atoms with Gasteiger partial charge in [-0.3, -0.25) is 13.7 Å². The standard InChI is InChI=1S/C51H34N8O2/c1-31-54-32(2)56-51(55-31)59-47-29-35(60-33-17-21-39-37-11-3-5-13-43(37)57(45(39)27-33)49-15-7-9-25-52-49)19-23-41(47)42-24-20-36(30-48(42)59)61-34-18-22-40-38-12-4-6-14-44(38)58(46(40)28-34)50-16-8-10-26-53-50/h3-30H,1-2H3. The van der Waals surface area contributed by atoms with E-state index in [2.05, 4.69) is 104 Å². The average Bonchev–Trinajstić information content (AvgIpc) is 3.91. The molecule has 0 aliphatic rings. The van der Waals surface area contributed by atoms with Crippen LogP contribution in [0.25, 0.3) is 83.0 Å². The maximum atomic E-state index is 6.69. The van der Waals surface area contributed by atoms with E-state index in [4.69, 9.17) is 29.4 Å². The van der Waals surface area contributed by atoms with Crippen LogP contribution in [-0.4, -0.2) is 38.6 Å². The van der Waals surface area contributed by atoms with Gasteiger partial charge in [0.1, 0.15) is 46.3 Å². The summed E-state index contributed by atoms with van der Waals surface area (Å²) in [7, 11) is 0. The van der Waals surface area contributed by atoms with Crippen molar-refractivity contribution in [1.29, 1.82) is 0 Å². The van der Waals surface area contributed by atoms with Crippen molar-refractivity contribution >= 4 is 65.4 Å². The Morgan fingerprint density at radius 2 is 0.705 bits per heavy atom. The predicted molar refractivity (Wildman–Crippen MR) is 241 cm³/mol. The van der Waals surface area contributed by atoms with Gasteiger partial charge in [0.2, 0.25) is 5.95 Å². The zero-order chi connectivity index (χ0) is 40.6. The van der Waals surface area contributed by atoms with Crippen LogP contribution in [0.2, 0.25) is 0 Å². The minimum absolute atomic E-state index is 0.516. The van der Waals surface area contributed by atoms with E-state index >= 15 is 0 Å². The molecule has 0 atom stereocenters. The van der Waals surface area contributed by atoms with E-state index in [0.29, 0.717) is 40.6 Å². The molecule has 0 aliphatic heterocycles. The zero-order valence-electron chi connectivity index (χ0n) is 33.1. The van der Waals surface area contributed by atoms with Crippen molar-refractivity contribution in [3.63, 3.8) is 0 Å². The first kappa shape index (κ1) is 34.7. The second-order valence-electron chi connectivity index (χ2n) is 15.1. The van der Waals surface area contributed by atoms with Crippen LogP contribution in [0.5, 0.6) is 23.0 Å². The number of benzene rings is 6. The van der Waals surface area contributed by atoms with Gasteiger partial charge in [-0.15, -0.1) is 0 Å². The molecule has 0 amide bonds. The van der Waals surface area contributed by atoms with E-state index in [1.165, 1.54) is 0 Å². The monoisotopic (exact) mass is 790 g/mol. The van der Waals surface area contributed by atoms with Gasteiger partial charge in [0.25, 0.3) is 0 Å². The first-order valence-electron chi connectivity index (χ1n) is 20.1. The maximum absolute atomic E-state index is 6.69. The summed E-state index contributed by atoms with van der Waals surface area (Å²) in [6.45, 7) is 3.77. The Bertz CT molecular complexity index is 3450. The Kier molecular flexibility index (Phi) is 7.73. The van der Waals surface area contributed by atoms with Crippen LogP contribution in [0.3, 0.4) is 0 Å².